The van der Waals surface area contributed by atoms with E-state index in [-0.39, 0.29) is 18.3 Å². The summed E-state index contributed by atoms with van der Waals surface area (Å²) in [5, 5.41) is 2.73. The largest absolute Gasteiger partial charge is 0.369 e. The fraction of sp³-hybridized carbons (Fsp3) is 0.333. The molecule has 26 heavy (non-hydrogen) atoms. The number of nitrogens with one attached hydrogen (secondary N) is 1. The second-order valence-electron chi connectivity index (χ2n) is 5.94. The van der Waals surface area contributed by atoms with E-state index in [0.29, 0.717) is 34.4 Å². The molecule has 0 spiro atoms. The molecule has 2 aromatic rings. The number of amides is 2. The van der Waals surface area contributed by atoms with Crippen LogP contribution in [0.5, 0.6) is 0 Å². The Balaban J connectivity index is 1.77. The van der Waals surface area contributed by atoms with Crippen LogP contribution in [0.3, 0.4) is 0 Å². The number of rotatable bonds is 9. The molecule has 0 fully saturated rings. The second kappa shape index (κ2) is 9.90. The number of hydrogen-bond donors (Lipinski definition) is 2. The molecular formula is C18H19Cl2FN2O2S. The predicted molar refractivity (Wildman–Crippen MR) is 103 cm³/mol. The first kappa shape index (κ1) is 20.7. The number of aryl methyl sites for hydroxylation is 1. The fourth-order valence-electron chi connectivity index (χ4n) is 2.49. The molecule has 8 heteroatoms. The third kappa shape index (κ3) is 6.59. The van der Waals surface area contributed by atoms with Gasteiger partial charge in [0.1, 0.15) is 5.82 Å². The number of hydrogen-bond acceptors (Lipinski definition) is 3. The van der Waals surface area contributed by atoms with Gasteiger partial charge in [-0.15, -0.1) is 11.3 Å². The second-order valence-corrected chi connectivity index (χ2v) is 8.22. The maximum atomic E-state index is 12.9. The molecule has 0 bridgehead atoms. The molecular weight excluding hydrogens is 398 g/mol. The Morgan fingerprint density at radius 3 is 2.50 bits per heavy atom. The zero-order valence-corrected chi connectivity index (χ0v) is 16.3. The van der Waals surface area contributed by atoms with Crippen LogP contribution >= 0.6 is 34.5 Å². The number of benzene rings is 1. The van der Waals surface area contributed by atoms with Gasteiger partial charge in [-0.25, -0.2) is 4.39 Å². The van der Waals surface area contributed by atoms with E-state index in [4.69, 9.17) is 28.9 Å². The third-order valence-electron chi connectivity index (χ3n) is 3.92. The first-order valence-corrected chi connectivity index (χ1v) is 9.66. The van der Waals surface area contributed by atoms with E-state index in [9.17, 15) is 14.0 Å². The lowest BCUT2D eigenvalue weighted by atomic mass is 9.98. The van der Waals surface area contributed by atoms with Crippen LogP contribution < -0.4 is 11.1 Å². The predicted octanol–water partition coefficient (Wildman–Crippen LogP) is 3.98. The standard InChI is InChI=1S/C18H19Cl2FN2O2S/c19-15-9-12(17(20)26-15)2-1-3-16(24)23-10-13(18(22)25)8-11-4-6-14(21)7-5-11/h4-7,9,13H,1-3,8,10H2,(H2,22,25)(H,23,24). The summed E-state index contributed by atoms with van der Waals surface area (Å²) in [6.45, 7) is 0.149. The van der Waals surface area contributed by atoms with E-state index in [2.05, 4.69) is 5.32 Å². The lowest BCUT2D eigenvalue weighted by Crippen LogP contribution is -2.37. The Kier molecular flexibility index (Phi) is 7.87. The van der Waals surface area contributed by atoms with Crippen molar-refractivity contribution in [3.8, 4) is 0 Å². The zero-order valence-electron chi connectivity index (χ0n) is 13.9. The van der Waals surface area contributed by atoms with Crippen molar-refractivity contribution in [2.75, 3.05) is 6.54 Å². The van der Waals surface area contributed by atoms with E-state index in [1.807, 2.05) is 0 Å². The highest BCUT2D eigenvalue weighted by atomic mass is 35.5. The van der Waals surface area contributed by atoms with Crippen molar-refractivity contribution in [3.63, 3.8) is 0 Å². The van der Waals surface area contributed by atoms with E-state index >= 15 is 0 Å². The molecule has 1 aromatic carbocycles. The Labute approximate surface area is 165 Å². The van der Waals surface area contributed by atoms with Crippen molar-refractivity contribution < 1.29 is 14.0 Å². The summed E-state index contributed by atoms with van der Waals surface area (Å²) in [6, 6.07) is 7.66. The average molecular weight is 417 g/mol. The molecule has 0 aliphatic heterocycles. The molecule has 0 radical (unpaired) electrons. The van der Waals surface area contributed by atoms with Gasteiger partial charge in [-0.2, -0.15) is 0 Å². The van der Waals surface area contributed by atoms with Crippen LogP contribution in [0.15, 0.2) is 30.3 Å². The van der Waals surface area contributed by atoms with Crippen molar-refractivity contribution in [2.45, 2.75) is 25.7 Å². The van der Waals surface area contributed by atoms with Crippen LogP contribution in [0.25, 0.3) is 0 Å². The number of halogens is 3. The zero-order chi connectivity index (χ0) is 19.1. The number of thiophene rings is 1. The topological polar surface area (TPSA) is 72.2 Å². The van der Waals surface area contributed by atoms with Crippen molar-refractivity contribution in [1.82, 2.24) is 5.32 Å². The van der Waals surface area contributed by atoms with Crippen molar-refractivity contribution in [2.24, 2.45) is 11.7 Å². The normalized spacial score (nSPS) is 12.0. The summed E-state index contributed by atoms with van der Waals surface area (Å²) in [5.41, 5.74) is 7.12. The molecule has 0 aliphatic carbocycles. The van der Waals surface area contributed by atoms with Crippen molar-refractivity contribution >= 4 is 46.4 Å². The van der Waals surface area contributed by atoms with Gasteiger partial charge in [-0.05, 0) is 48.6 Å². The fourth-order valence-corrected chi connectivity index (χ4v) is 4.03. The number of nitrogens with two attached hydrogens (primary N) is 1. The van der Waals surface area contributed by atoms with Gasteiger partial charge in [-0.1, -0.05) is 35.3 Å². The van der Waals surface area contributed by atoms with Gasteiger partial charge < -0.3 is 11.1 Å². The Morgan fingerprint density at radius 1 is 1.23 bits per heavy atom. The minimum Gasteiger partial charge on any atom is -0.369 e. The highest BCUT2D eigenvalue weighted by molar-refractivity contribution is 7.20. The van der Waals surface area contributed by atoms with E-state index in [0.717, 1.165) is 11.1 Å². The molecule has 0 saturated heterocycles. The number of carbonyl (C=O) groups is 2. The summed E-state index contributed by atoms with van der Waals surface area (Å²) >= 11 is 13.2. The molecule has 140 valence electrons. The SMILES string of the molecule is NC(=O)C(CNC(=O)CCCc1cc(Cl)sc1Cl)Cc1ccc(F)cc1. The van der Waals surface area contributed by atoms with E-state index in [1.54, 1.807) is 18.2 Å². The Bertz CT molecular complexity index is 765. The summed E-state index contributed by atoms with van der Waals surface area (Å²) < 4.78 is 14.2. The molecule has 1 unspecified atom stereocenters. The van der Waals surface area contributed by atoms with Gasteiger partial charge >= 0.3 is 0 Å². The Hall–Kier alpha value is -1.63. The molecule has 3 N–H and O–H groups in total. The van der Waals surface area contributed by atoms with Gasteiger partial charge in [0, 0.05) is 13.0 Å². The smallest absolute Gasteiger partial charge is 0.222 e. The lowest BCUT2D eigenvalue weighted by Gasteiger charge is -2.14. The first-order chi connectivity index (χ1) is 12.3. The van der Waals surface area contributed by atoms with Crippen LogP contribution in [-0.4, -0.2) is 18.4 Å². The molecule has 2 rings (SSSR count). The summed E-state index contributed by atoms with van der Waals surface area (Å²) in [7, 11) is 0. The van der Waals surface area contributed by atoms with Gasteiger partial charge in [0.05, 0.1) is 14.6 Å². The van der Waals surface area contributed by atoms with Gasteiger partial charge in [0.2, 0.25) is 11.8 Å². The third-order valence-corrected chi connectivity index (χ3v) is 5.49. The molecule has 1 aromatic heterocycles. The van der Waals surface area contributed by atoms with Crippen molar-refractivity contribution in [3.05, 3.63) is 55.9 Å². The summed E-state index contributed by atoms with van der Waals surface area (Å²) in [4.78, 5) is 23.6. The van der Waals surface area contributed by atoms with Gasteiger partial charge in [0.25, 0.3) is 0 Å². The quantitative estimate of drug-likeness (QED) is 0.648. The monoisotopic (exact) mass is 416 g/mol. The molecule has 2 amide bonds. The van der Waals surface area contributed by atoms with E-state index in [1.165, 1.54) is 23.5 Å². The maximum absolute atomic E-state index is 12.9. The summed E-state index contributed by atoms with van der Waals surface area (Å²) in [6.07, 6.45) is 1.94. The average Bonchev–Trinajstić information content (AvgIpc) is 2.90. The van der Waals surface area contributed by atoms with E-state index < -0.39 is 11.8 Å². The van der Waals surface area contributed by atoms with Gasteiger partial charge in [-0.3, -0.25) is 9.59 Å². The minimum absolute atomic E-state index is 0.149. The molecule has 1 atom stereocenters. The van der Waals surface area contributed by atoms with Crippen LogP contribution in [0, 0.1) is 11.7 Å². The van der Waals surface area contributed by atoms with Crippen LogP contribution in [0.1, 0.15) is 24.0 Å². The number of primary amides is 1. The van der Waals surface area contributed by atoms with Crippen LogP contribution in [-0.2, 0) is 22.4 Å². The molecule has 4 nitrogen and oxygen atoms in total. The highest BCUT2D eigenvalue weighted by Gasteiger charge is 2.17. The Morgan fingerprint density at radius 2 is 1.92 bits per heavy atom. The minimum atomic E-state index is -0.547. The summed E-state index contributed by atoms with van der Waals surface area (Å²) in [5.74, 6) is -1.55. The first-order valence-electron chi connectivity index (χ1n) is 8.09. The van der Waals surface area contributed by atoms with Crippen LogP contribution in [0.2, 0.25) is 8.67 Å². The van der Waals surface area contributed by atoms with Crippen LogP contribution in [0.4, 0.5) is 4.39 Å². The maximum Gasteiger partial charge on any atom is 0.222 e. The van der Waals surface area contributed by atoms with Crippen molar-refractivity contribution in [1.29, 1.82) is 0 Å². The lowest BCUT2D eigenvalue weighted by molar-refractivity contribution is -0.123. The molecule has 0 saturated carbocycles. The highest BCUT2D eigenvalue weighted by Crippen LogP contribution is 2.32. The van der Waals surface area contributed by atoms with Gasteiger partial charge in [0.15, 0.2) is 0 Å². The molecule has 0 aliphatic rings. The number of carbonyl (C=O) groups excluding carboxylic acids is 2. The molecule has 1 heterocycles.